The molecule has 0 saturated carbocycles. The Kier molecular flexibility index (Phi) is 7.18. The van der Waals surface area contributed by atoms with Gasteiger partial charge in [0, 0.05) is 30.4 Å². The molecule has 4 rings (SSSR count). The first kappa shape index (κ1) is 22.3. The number of para-hydroxylation sites is 1. The van der Waals surface area contributed by atoms with Crippen molar-refractivity contribution < 1.29 is 14.3 Å². The molecule has 1 saturated heterocycles. The SMILES string of the molecule is CCCOc1ccc(-c2nn(-c3ccccc3)cc2/C=C(/C#N)C(=O)N2CCOCC2)cc1. The molecule has 1 aliphatic heterocycles. The topological polar surface area (TPSA) is 80.4 Å². The highest BCUT2D eigenvalue weighted by Crippen LogP contribution is 2.28. The third-order valence-corrected chi connectivity index (χ3v) is 5.31. The van der Waals surface area contributed by atoms with Crippen LogP contribution in [0.3, 0.4) is 0 Å². The van der Waals surface area contributed by atoms with Crippen molar-refractivity contribution in [2.45, 2.75) is 13.3 Å². The van der Waals surface area contributed by atoms with Gasteiger partial charge in [0.05, 0.1) is 31.2 Å². The van der Waals surface area contributed by atoms with E-state index >= 15 is 0 Å². The van der Waals surface area contributed by atoms with Crippen molar-refractivity contribution in [2.24, 2.45) is 0 Å². The van der Waals surface area contributed by atoms with Gasteiger partial charge >= 0.3 is 0 Å². The summed E-state index contributed by atoms with van der Waals surface area (Å²) < 4.78 is 12.8. The lowest BCUT2D eigenvalue weighted by Crippen LogP contribution is -2.41. The number of hydrogen-bond acceptors (Lipinski definition) is 5. The van der Waals surface area contributed by atoms with Gasteiger partial charge in [-0.15, -0.1) is 0 Å². The number of carbonyl (C=O) groups is 1. The second kappa shape index (κ2) is 10.6. The molecule has 33 heavy (non-hydrogen) atoms. The third-order valence-electron chi connectivity index (χ3n) is 5.31. The molecule has 3 aromatic rings. The number of morpholine rings is 1. The maximum absolute atomic E-state index is 12.9. The minimum atomic E-state index is -0.289. The van der Waals surface area contributed by atoms with Crippen LogP contribution in [0.25, 0.3) is 23.0 Å². The second-order valence-corrected chi connectivity index (χ2v) is 7.66. The summed E-state index contributed by atoms with van der Waals surface area (Å²) in [5.41, 5.74) is 3.21. The summed E-state index contributed by atoms with van der Waals surface area (Å²) in [5.74, 6) is 0.503. The lowest BCUT2D eigenvalue weighted by atomic mass is 10.1. The van der Waals surface area contributed by atoms with Crippen LogP contribution in [-0.4, -0.2) is 53.5 Å². The van der Waals surface area contributed by atoms with Gasteiger partial charge in [0.15, 0.2) is 0 Å². The van der Waals surface area contributed by atoms with Crippen molar-refractivity contribution in [1.82, 2.24) is 14.7 Å². The Bertz CT molecular complexity index is 1150. The molecule has 2 heterocycles. The normalized spacial score (nSPS) is 14.1. The number of nitriles is 1. The molecule has 0 radical (unpaired) electrons. The van der Waals surface area contributed by atoms with Crippen molar-refractivity contribution in [3.8, 4) is 28.8 Å². The van der Waals surface area contributed by atoms with E-state index in [9.17, 15) is 10.1 Å². The van der Waals surface area contributed by atoms with Gasteiger partial charge in [-0.05, 0) is 48.9 Å². The summed E-state index contributed by atoms with van der Waals surface area (Å²) >= 11 is 0. The Morgan fingerprint density at radius 1 is 1.15 bits per heavy atom. The second-order valence-electron chi connectivity index (χ2n) is 7.66. The first-order valence-corrected chi connectivity index (χ1v) is 11.1. The van der Waals surface area contributed by atoms with E-state index in [4.69, 9.17) is 14.6 Å². The molecule has 0 spiro atoms. The van der Waals surface area contributed by atoms with Crippen molar-refractivity contribution in [1.29, 1.82) is 5.26 Å². The summed E-state index contributed by atoms with van der Waals surface area (Å²) in [6.07, 6.45) is 4.41. The summed E-state index contributed by atoms with van der Waals surface area (Å²) in [6, 6.07) is 19.5. The van der Waals surface area contributed by atoms with Gasteiger partial charge in [-0.1, -0.05) is 25.1 Å². The molecule has 7 nitrogen and oxygen atoms in total. The van der Waals surface area contributed by atoms with Gasteiger partial charge < -0.3 is 14.4 Å². The largest absolute Gasteiger partial charge is 0.494 e. The Morgan fingerprint density at radius 2 is 1.88 bits per heavy atom. The first-order valence-electron chi connectivity index (χ1n) is 11.1. The van der Waals surface area contributed by atoms with E-state index < -0.39 is 0 Å². The first-order chi connectivity index (χ1) is 16.2. The molecule has 1 amide bonds. The standard InChI is InChI=1S/C26H26N4O3/c1-2-14-33-24-10-8-20(9-11-24)25-22(19-30(28-25)23-6-4-3-5-7-23)17-21(18-27)26(31)29-12-15-32-16-13-29/h3-11,17,19H,2,12-16H2,1H3/b21-17-. The van der Waals surface area contributed by atoms with Crippen LogP contribution in [0.5, 0.6) is 5.75 Å². The molecule has 0 unspecified atom stereocenters. The van der Waals surface area contributed by atoms with E-state index in [1.807, 2.05) is 60.8 Å². The van der Waals surface area contributed by atoms with Crippen LogP contribution in [0.2, 0.25) is 0 Å². The predicted molar refractivity (Wildman–Crippen MR) is 126 cm³/mol. The fourth-order valence-corrected chi connectivity index (χ4v) is 3.59. The highest BCUT2D eigenvalue weighted by molar-refractivity contribution is 6.02. The molecule has 2 aromatic carbocycles. The van der Waals surface area contributed by atoms with Gasteiger partial charge in [0.2, 0.25) is 0 Å². The van der Waals surface area contributed by atoms with Gasteiger partial charge in [-0.3, -0.25) is 4.79 Å². The minimum Gasteiger partial charge on any atom is -0.494 e. The van der Waals surface area contributed by atoms with Crippen LogP contribution in [0, 0.1) is 11.3 Å². The summed E-state index contributed by atoms with van der Waals surface area (Å²) in [6.45, 7) is 4.64. The van der Waals surface area contributed by atoms with Crippen LogP contribution in [-0.2, 0) is 9.53 Å². The molecule has 0 N–H and O–H groups in total. The number of hydrogen-bond donors (Lipinski definition) is 0. The van der Waals surface area contributed by atoms with Gasteiger partial charge in [0.25, 0.3) is 5.91 Å². The Balaban J connectivity index is 1.72. The van der Waals surface area contributed by atoms with Crippen molar-refractivity contribution in [3.63, 3.8) is 0 Å². The van der Waals surface area contributed by atoms with Gasteiger partial charge in [0.1, 0.15) is 17.4 Å². The lowest BCUT2D eigenvalue weighted by molar-refractivity contribution is -0.130. The molecule has 7 heteroatoms. The Labute approximate surface area is 193 Å². The number of rotatable bonds is 7. The zero-order chi connectivity index (χ0) is 23.0. The number of carbonyl (C=O) groups excluding carboxylic acids is 1. The highest BCUT2D eigenvalue weighted by atomic mass is 16.5. The van der Waals surface area contributed by atoms with Crippen LogP contribution in [0.15, 0.2) is 66.4 Å². The minimum absolute atomic E-state index is 0.0775. The maximum Gasteiger partial charge on any atom is 0.264 e. The number of ether oxygens (including phenoxy) is 2. The molecule has 1 fully saturated rings. The van der Waals surface area contributed by atoms with Crippen molar-refractivity contribution >= 4 is 12.0 Å². The van der Waals surface area contributed by atoms with Crippen LogP contribution < -0.4 is 4.74 Å². The van der Waals surface area contributed by atoms with E-state index in [2.05, 4.69) is 13.0 Å². The smallest absolute Gasteiger partial charge is 0.264 e. The van der Waals surface area contributed by atoms with Crippen molar-refractivity contribution in [3.05, 3.63) is 71.9 Å². The zero-order valence-corrected chi connectivity index (χ0v) is 18.6. The predicted octanol–water partition coefficient (Wildman–Crippen LogP) is 4.09. The summed E-state index contributed by atoms with van der Waals surface area (Å²) in [4.78, 5) is 14.6. The third kappa shape index (κ3) is 5.30. The zero-order valence-electron chi connectivity index (χ0n) is 18.6. The van der Waals surface area contributed by atoms with E-state index in [1.165, 1.54) is 0 Å². The lowest BCUT2D eigenvalue weighted by Gasteiger charge is -2.26. The molecule has 1 aromatic heterocycles. The monoisotopic (exact) mass is 442 g/mol. The summed E-state index contributed by atoms with van der Waals surface area (Å²) in [7, 11) is 0. The molecule has 0 bridgehead atoms. The highest BCUT2D eigenvalue weighted by Gasteiger charge is 2.22. The summed E-state index contributed by atoms with van der Waals surface area (Å²) in [5, 5.41) is 14.5. The van der Waals surface area contributed by atoms with Crippen molar-refractivity contribution in [2.75, 3.05) is 32.9 Å². The van der Waals surface area contributed by atoms with E-state index in [0.29, 0.717) is 44.2 Å². The number of benzene rings is 2. The Hall–Kier alpha value is -3.89. The Morgan fingerprint density at radius 3 is 2.55 bits per heavy atom. The molecule has 0 aliphatic carbocycles. The quantitative estimate of drug-likeness (QED) is 0.407. The molecule has 1 aliphatic rings. The fourth-order valence-electron chi connectivity index (χ4n) is 3.59. The molecule has 168 valence electrons. The van der Waals surface area contributed by atoms with Crippen LogP contribution >= 0.6 is 0 Å². The van der Waals surface area contributed by atoms with E-state index in [1.54, 1.807) is 15.7 Å². The molecular formula is C26H26N4O3. The number of aromatic nitrogens is 2. The average molecular weight is 443 g/mol. The molecular weight excluding hydrogens is 416 g/mol. The number of nitrogens with zero attached hydrogens (tertiary/aromatic N) is 4. The number of amides is 1. The molecule has 0 atom stereocenters. The van der Waals surface area contributed by atoms with E-state index in [-0.39, 0.29) is 11.5 Å². The van der Waals surface area contributed by atoms with Gasteiger partial charge in [-0.2, -0.15) is 10.4 Å². The fraction of sp³-hybridized carbons (Fsp3) is 0.269. The van der Waals surface area contributed by atoms with E-state index in [0.717, 1.165) is 23.4 Å². The van der Waals surface area contributed by atoms with Gasteiger partial charge in [-0.25, -0.2) is 4.68 Å². The average Bonchev–Trinajstić information content (AvgIpc) is 3.31. The van der Waals surface area contributed by atoms with Crippen LogP contribution in [0.1, 0.15) is 18.9 Å². The maximum atomic E-state index is 12.9. The van der Waals surface area contributed by atoms with Crippen LogP contribution in [0.4, 0.5) is 0 Å².